The molecule has 0 bridgehead atoms. The summed E-state index contributed by atoms with van der Waals surface area (Å²) in [5.41, 5.74) is 4.04. The van der Waals surface area contributed by atoms with Crippen LogP contribution in [0.4, 0.5) is 0 Å². The first kappa shape index (κ1) is 32.0. The third-order valence-electron chi connectivity index (χ3n) is 7.97. The van der Waals surface area contributed by atoms with Crippen molar-refractivity contribution < 1.29 is 33.3 Å². The molecular formula is C32H47N3O7. The van der Waals surface area contributed by atoms with Crippen molar-refractivity contribution in [1.82, 2.24) is 15.5 Å². The highest BCUT2D eigenvalue weighted by atomic mass is 16.9. The number of nitrogens with one attached hydrogen (secondary N) is 2. The largest absolute Gasteiger partial charge is 0.493 e. The van der Waals surface area contributed by atoms with E-state index in [1.165, 1.54) is 0 Å². The van der Waals surface area contributed by atoms with Gasteiger partial charge in [-0.2, -0.15) is 0 Å². The molecule has 3 aliphatic heterocycles. The van der Waals surface area contributed by atoms with E-state index in [1.54, 1.807) is 14.0 Å². The molecule has 4 rings (SSSR count). The van der Waals surface area contributed by atoms with Gasteiger partial charge in [0.05, 0.1) is 18.8 Å². The Hall–Kier alpha value is -2.92. The van der Waals surface area contributed by atoms with Crippen molar-refractivity contribution in [3.05, 3.63) is 51.9 Å². The zero-order valence-electron chi connectivity index (χ0n) is 26.1. The molecule has 10 heteroatoms. The van der Waals surface area contributed by atoms with Crippen LogP contribution in [0.15, 0.2) is 40.7 Å². The lowest BCUT2D eigenvalue weighted by Gasteiger charge is -2.42. The minimum absolute atomic E-state index is 0.0330. The van der Waals surface area contributed by atoms with E-state index in [4.69, 9.17) is 23.7 Å². The Labute approximate surface area is 249 Å². The van der Waals surface area contributed by atoms with Gasteiger partial charge in [0.1, 0.15) is 5.75 Å². The third-order valence-corrected chi connectivity index (χ3v) is 7.97. The van der Waals surface area contributed by atoms with Crippen LogP contribution in [0.5, 0.6) is 5.75 Å². The van der Waals surface area contributed by atoms with Crippen LogP contribution in [-0.4, -0.2) is 81.5 Å². The molecule has 2 saturated heterocycles. The summed E-state index contributed by atoms with van der Waals surface area (Å²) in [7, 11) is 1.65. The number of carbonyl (C=O) groups excluding carboxylic acids is 2. The topological polar surface area (TPSA) is 108 Å². The first-order chi connectivity index (χ1) is 20.2. The van der Waals surface area contributed by atoms with Crippen molar-refractivity contribution in [2.45, 2.75) is 91.4 Å². The van der Waals surface area contributed by atoms with Gasteiger partial charge in [-0.3, -0.25) is 4.79 Å². The van der Waals surface area contributed by atoms with Gasteiger partial charge in [-0.15, -0.1) is 0 Å². The summed E-state index contributed by atoms with van der Waals surface area (Å²) in [5.74, 6) is -0.498. The molecular weight excluding hydrogens is 538 g/mol. The number of methoxy groups -OCH3 is 1. The Morgan fingerprint density at radius 2 is 1.90 bits per heavy atom. The third kappa shape index (κ3) is 6.99. The van der Waals surface area contributed by atoms with Gasteiger partial charge in [0.25, 0.3) is 5.91 Å². The number of ether oxygens (including phenoxy) is 5. The van der Waals surface area contributed by atoms with Crippen LogP contribution in [0.25, 0.3) is 0 Å². The molecule has 0 aromatic heterocycles. The van der Waals surface area contributed by atoms with Gasteiger partial charge in [0, 0.05) is 72.8 Å². The lowest BCUT2D eigenvalue weighted by Crippen LogP contribution is -2.51. The molecule has 1 unspecified atom stereocenters. The maximum absolute atomic E-state index is 14.0. The number of dihydropyridines is 1. The number of benzene rings is 1. The van der Waals surface area contributed by atoms with Gasteiger partial charge in [-0.25, -0.2) is 4.79 Å². The van der Waals surface area contributed by atoms with Gasteiger partial charge in [-0.1, -0.05) is 6.07 Å². The molecule has 0 aliphatic carbocycles. The Balaban J connectivity index is 1.80. The molecule has 2 N–H and O–H groups in total. The number of rotatable bonds is 12. The molecule has 1 aromatic carbocycles. The Kier molecular flexibility index (Phi) is 11.1. The first-order valence-electron chi connectivity index (χ1n) is 15.1. The predicted octanol–water partition coefficient (Wildman–Crippen LogP) is 4.22. The van der Waals surface area contributed by atoms with E-state index in [0.717, 1.165) is 42.8 Å². The van der Waals surface area contributed by atoms with Crippen LogP contribution in [0.2, 0.25) is 0 Å². The van der Waals surface area contributed by atoms with Crippen molar-refractivity contribution in [3.63, 3.8) is 0 Å². The molecule has 3 heterocycles. The summed E-state index contributed by atoms with van der Waals surface area (Å²) in [6.45, 7) is 14.4. The molecule has 2 atom stereocenters. The fraction of sp³-hybridized carbons (Fsp3) is 0.625. The minimum Gasteiger partial charge on any atom is -0.493 e. The van der Waals surface area contributed by atoms with Crippen molar-refractivity contribution in [3.8, 4) is 5.75 Å². The lowest BCUT2D eigenvalue weighted by molar-refractivity contribution is -0.360. The van der Waals surface area contributed by atoms with Crippen molar-refractivity contribution in [2.75, 3.05) is 40.0 Å². The normalized spacial score (nSPS) is 24.3. The Morgan fingerprint density at radius 3 is 2.52 bits per heavy atom. The number of hydrogen-bond acceptors (Lipinski definition) is 9. The number of esters is 1. The van der Waals surface area contributed by atoms with E-state index in [1.807, 2.05) is 43.9 Å². The predicted molar refractivity (Wildman–Crippen MR) is 159 cm³/mol. The molecule has 0 saturated carbocycles. The van der Waals surface area contributed by atoms with E-state index in [2.05, 4.69) is 24.5 Å². The highest BCUT2D eigenvalue weighted by Crippen LogP contribution is 2.46. The monoisotopic (exact) mass is 585 g/mol. The number of piperidine rings is 1. The molecule has 1 amide bonds. The van der Waals surface area contributed by atoms with Crippen molar-refractivity contribution in [2.24, 2.45) is 0 Å². The highest BCUT2D eigenvalue weighted by Gasteiger charge is 2.44. The van der Waals surface area contributed by atoms with E-state index in [0.29, 0.717) is 42.2 Å². The fourth-order valence-electron chi connectivity index (χ4n) is 6.09. The van der Waals surface area contributed by atoms with E-state index < -0.39 is 18.2 Å². The van der Waals surface area contributed by atoms with Crippen LogP contribution in [-0.2, 0) is 23.7 Å². The van der Waals surface area contributed by atoms with Crippen molar-refractivity contribution >= 4 is 11.9 Å². The smallest absolute Gasteiger partial charge is 0.336 e. The highest BCUT2D eigenvalue weighted by molar-refractivity contribution is 5.96. The van der Waals surface area contributed by atoms with Crippen LogP contribution >= 0.6 is 0 Å². The molecule has 2 fully saturated rings. The molecule has 42 heavy (non-hydrogen) atoms. The molecule has 3 aliphatic rings. The molecule has 232 valence electrons. The zero-order chi connectivity index (χ0) is 30.4. The van der Waals surface area contributed by atoms with Crippen LogP contribution in [0.1, 0.15) is 82.6 Å². The zero-order valence-corrected chi connectivity index (χ0v) is 26.1. The van der Waals surface area contributed by atoms with Gasteiger partial charge >= 0.3 is 5.97 Å². The molecule has 10 nitrogen and oxygen atoms in total. The second-order valence-corrected chi connectivity index (χ2v) is 11.3. The summed E-state index contributed by atoms with van der Waals surface area (Å²) in [4.78, 5) is 29.4. The minimum atomic E-state index is -0.632. The molecule has 0 radical (unpaired) electrons. The quantitative estimate of drug-likeness (QED) is 0.275. The average molecular weight is 586 g/mol. The lowest BCUT2D eigenvalue weighted by atomic mass is 9.79. The van der Waals surface area contributed by atoms with E-state index >= 15 is 0 Å². The number of carbonyl (C=O) groups is 2. The van der Waals surface area contributed by atoms with Gasteiger partial charge in [-0.05, 0) is 73.1 Å². The average Bonchev–Trinajstić information content (AvgIpc) is 2.94. The Morgan fingerprint density at radius 1 is 1.14 bits per heavy atom. The van der Waals surface area contributed by atoms with Crippen LogP contribution < -0.4 is 15.4 Å². The van der Waals surface area contributed by atoms with Gasteiger partial charge < -0.3 is 39.2 Å². The number of allylic oxidation sites excluding steroid dienone is 2. The van der Waals surface area contributed by atoms with Gasteiger partial charge in [0.2, 0.25) is 0 Å². The van der Waals surface area contributed by atoms with Gasteiger partial charge in [0.15, 0.2) is 12.6 Å². The Bertz CT molecular complexity index is 1180. The summed E-state index contributed by atoms with van der Waals surface area (Å²) in [5, 5.41) is 6.76. The number of amides is 1. The maximum Gasteiger partial charge on any atom is 0.336 e. The summed E-state index contributed by atoms with van der Waals surface area (Å²) in [6, 6.07) is 5.70. The SMILES string of the molecule is CCOC(=O)C1=C(C)NC(C)=C(C2OC(C)O2)C1c1ccc(C(=O)N(C(C)C)[C@@H]2CCCNC2)cc1OCCCOC. The van der Waals surface area contributed by atoms with Crippen molar-refractivity contribution in [1.29, 1.82) is 0 Å². The summed E-state index contributed by atoms with van der Waals surface area (Å²) < 4.78 is 29.0. The summed E-state index contributed by atoms with van der Waals surface area (Å²) >= 11 is 0. The van der Waals surface area contributed by atoms with Crippen LogP contribution in [0.3, 0.4) is 0 Å². The standard InChI is InChI=1S/C32H47N3O7/c1-8-39-31(37)27-20(4)34-21(5)28(32-41-22(6)42-32)29(27)25-13-12-23(17-26(25)40-16-10-15-38-7)30(36)35(19(2)3)24-11-9-14-33-18-24/h12-13,17,19,22,24,29,32-34H,8-11,14-16,18H2,1-7H3/t22?,24-,29?,32?/m1/s1. The van der Waals surface area contributed by atoms with E-state index in [-0.39, 0.29) is 30.9 Å². The number of hydrogen-bond donors (Lipinski definition) is 2. The number of nitrogens with zero attached hydrogens (tertiary/aromatic N) is 1. The molecule has 1 aromatic rings. The second kappa shape index (κ2) is 14.5. The van der Waals surface area contributed by atoms with Crippen LogP contribution in [0, 0.1) is 0 Å². The first-order valence-corrected chi connectivity index (χ1v) is 15.1. The maximum atomic E-state index is 14.0. The second-order valence-electron chi connectivity index (χ2n) is 11.3. The fourth-order valence-corrected chi connectivity index (χ4v) is 6.09. The molecule has 0 spiro atoms. The van der Waals surface area contributed by atoms with E-state index in [9.17, 15) is 9.59 Å². The summed E-state index contributed by atoms with van der Waals surface area (Å²) in [6.07, 6.45) is 1.68.